The standard InChI is InChI=1S/C27H28FN5O3S/c1-19(32-15-17-33(18-16-32)37(34,35)23-13-7-20(28)8-14-23)26-30-25-6-4-3-5-24(25)27(31-26)29-21-9-11-22(36-2)12-10-21/h3-14,19H,15-18H2,1-2H3,(H,29,30,31)/t19-/m0/s1. The molecule has 0 bridgehead atoms. The van der Waals surface area contributed by atoms with Crippen molar-refractivity contribution >= 4 is 32.4 Å². The van der Waals surface area contributed by atoms with Gasteiger partial charge in [-0.15, -0.1) is 0 Å². The van der Waals surface area contributed by atoms with Crippen LogP contribution in [0.15, 0.2) is 77.7 Å². The van der Waals surface area contributed by atoms with Gasteiger partial charge in [-0.25, -0.2) is 22.8 Å². The Bertz CT molecular complexity index is 1490. The maximum absolute atomic E-state index is 13.3. The molecule has 0 saturated carbocycles. The molecule has 37 heavy (non-hydrogen) atoms. The normalized spacial score (nSPS) is 16.0. The van der Waals surface area contributed by atoms with Crippen LogP contribution < -0.4 is 10.1 Å². The summed E-state index contributed by atoms with van der Waals surface area (Å²) >= 11 is 0. The van der Waals surface area contributed by atoms with Gasteiger partial charge >= 0.3 is 0 Å². The first-order chi connectivity index (χ1) is 17.8. The summed E-state index contributed by atoms with van der Waals surface area (Å²) in [6.45, 7) is 3.74. The zero-order chi connectivity index (χ0) is 26.0. The second kappa shape index (κ2) is 10.4. The molecular formula is C27H28FN5O3S. The molecule has 1 fully saturated rings. The zero-order valence-corrected chi connectivity index (χ0v) is 21.5. The van der Waals surface area contributed by atoms with E-state index in [1.807, 2.05) is 55.5 Å². The van der Waals surface area contributed by atoms with Crippen LogP contribution in [-0.2, 0) is 10.0 Å². The van der Waals surface area contributed by atoms with Gasteiger partial charge in [0.2, 0.25) is 10.0 Å². The van der Waals surface area contributed by atoms with Crippen LogP contribution in [0.3, 0.4) is 0 Å². The molecule has 0 amide bonds. The fourth-order valence-corrected chi connectivity index (χ4v) is 5.86. The van der Waals surface area contributed by atoms with Crippen LogP contribution >= 0.6 is 0 Å². The Labute approximate surface area is 215 Å². The third kappa shape index (κ3) is 5.27. The van der Waals surface area contributed by atoms with Crippen LogP contribution in [0.25, 0.3) is 10.9 Å². The van der Waals surface area contributed by atoms with E-state index in [-0.39, 0.29) is 10.9 Å². The van der Waals surface area contributed by atoms with E-state index in [0.717, 1.165) is 22.3 Å². The molecular weight excluding hydrogens is 493 g/mol. The van der Waals surface area contributed by atoms with E-state index in [9.17, 15) is 12.8 Å². The summed E-state index contributed by atoms with van der Waals surface area (Å²) in [5.74, 6) is 1.67. The molecule has 1 aliphatic heterocycles. The number of rotatable bonds is 7. The second-order valence-corrected chi connectivity index (χ2v) is 10.8. The molecule has 1 aromatic heterocycles. The summed E-state index contributed by atoms with van der Waals surface area (Å²) in [6, 6.07) is 20.3. The molecule has 1 aliphatic rings. The molecule has 1 N–H and O–H groups in total. The Hall–Kier alpha value is -3.60. The lowest BCUT2D eigenvalue weighted by atomic mass is 10.2. The molecule has 0 spiro atoms. The third-order valence-corrected chi connectivity index (χ3v) is 8.53. The number of piperazine rings is 1. The summed E-state index contributed by atoms with van der Waals surface area (Å²) in [4.78, 5) is 12.0. The molecule has 8 nitrogen and oxygen atoms in total. The first-order valence-electron chi connectivity index (χ1n) is 12.0. The van der Waals surface area contributed by atoms with Gasteiger partial charge in [0.1, 0.15) is 23.2 Å². The lowest BCUT2D eigenvalue weighted by Crippen LogP contribution is -2.49. The lowest BCUT2D eigenvalue weighted by molar-refractivity contribution is 0.141. The highest BCUT2D eigenvalue weighted by Crippen LogP contribution is 2.29. The van der Waals surface area contributed by atoms with Gasteiger partial charge in [0.25, 0.3) is 0 Å². The fourth-order valence-electron chi connectivity index (χ4n) is 4.44. The number of halogens is 1. The SMILES string of the molecule is COc1ccc(Nc2nc([C@H](C)N3CCN(S(=O)(=O)c4ccc(F)cc4)CC3)nc3ccccc23)cc1. The molecule has 0 radical (unpaired) electrons. The molecule has 0 aliphatic carbocycles. The predicted molar refractivity (Wildman–Crippen MR) is 141 cm³/mol. The van der Waals surface area contributed by atoms with Crippen molar-refractivity contribution in [1.29, 1.82) is 0 Å². The quantitative estimate of drug-likeness (QED) is 0.381. The molecule has 1 saturated heterocycles. The van der Waals surface area contributed by atoms with Gasteiger partial charge in [-0.1, -0.05) is 12.1 Å². The molecule has 3 aromatic carbocycles. The fraction of sp³-hybridized carbons (Fsp3) is 0.259. The van der Waals surface area contributed by atoms with Crippen molar-refractivity contribution < 1.29 is 17.5 Å². The summed E-state index contributed by atoms with van der Waals surface area (Å²) in [5, 5.41) is 4.31. The number of nitrogens with zero attached hydrogens (tertiary/aromatic N) is 4. The number of methoxy groups -OCH3 is 1. The van der Waals surface area contributed by atoms with Crippen molar-refractivity contribution in [3.63, 3.8) is 0 Å². The van der Waals surface area contributed by atoms with E-state index >= 15 is 0 Å². The third-order valence-electron chi connectivity index (χ3n) is 6.62. The van der Waals surface area contributed by atoms with Gasteiger partial charge in [0.15, 0.2) is 0 Å². The highest BCUT2D eigenvalue weighted by Gasteiger charge is 2.31. The number of benzene rings is 3. The Balaban J connectivity index is 1.35. The number of para-hydroxylation sites is 1. The van der Waals surface area contributed by atoms with E-state index in [1.165, 1.54) is 28.6 Å². The summed E-state index contributed by atoms with van der Waals surface area (Å²) in [7, 11) is -2.05. The number of nitrogens with one attached hydrogen (secondary N) is 1. The molecule has 5 rings (SSSR count). The van der Waals surface area contributed by atoms with Crippen LogP contribution in [0.5, 0.6) is 5.75 Å². The van der Waals surface area contributed by atoms with Crippen LogP contribution in [0, 0.1) is 5.82 Å². The minimum Gasteiger partial charge on any atom is -0.497 e. The first kappa shape index (κ1) is 25.1. The highest BCUT2D eigenvalue weighted by molar-refractivity contribution is 7.89. The largest absolute Gasteiger partial charge is 0.497 e. The second-order valence-electron chi connectivity index (χ2n) is 8.87. The van der Waals surface area contributed by atoms with Gasteiger partial charge in [0.05, 0.1) is 23.6 Å². The van der Waals surface area contributed by atoms with Crippen molar-refractivity contribution in [2.75, 3.05) is 38.6 Å². The monoisotopic (exact) mass is 521 g/mol. The highest BCUT2D eigenvalue weighted by atomic mass is 32.2. The predicted octanol–water partition coefficient (Wildman–Crippen LogP) is 4.59. The molecule has 192 valence electrons. The number of sulfonamides is 1. The average molecular weight is 522 g/mol. The minimum absolute atomic E-state index is 0.0995. The number of anilines is 2. The van der Waals surface area contributed by atoms with Crippen LogP contribution in [0.2, 0.25) is 0 Å². The molecule has 4 aromatic rings. The molecule has 1 atom stereocenters. The average Bonchev–Trinajstić information content (AvgIpc) is 2.93. The number of aromatic nitrogens is 2. The van der Waals surface area contributed by atoms with Crippen molar-refractivity contribution in [2.45, 2.75) is 17.9 Å². The van der Waals surface area contributed by atoms with E-state index in [4.69, 9.17) is 14.7 Å². The lowest BCUT2D eigenvalue weighted by Gasteiger charge is -2.36. The molecule has 0 unspecified atom stereocenters. The first-order valence-corrected chi connectivity index (χ1v) is 13.5. The van der Waals surface area contributed by atoms with Gasteiger partial charge < -0.3 is 10.1 Å². The van der Waals surface area contributed by atoms with Gasteiger partial charge in [-0.2, -0.15) is 4.31 Å². The molecule has 2 heterocycles. The van der Waals surface area contributed by atoms with E-state index in [2.05, 4.69) is 10.2 Å². The van der Waals surface area contributed by atoms with Crippen LogP contribution in [0.1, 0.15) is 18.8 Å². The summed E-state index contributed by atoms with van der Waals surface area (Å²) in [5.41, 5.74) is 1.70. The van der Waals surface area contributed by atoms with Crippen molar-refractivity contribution in [3.05, 3.63) is 84.4 Å². The van der Waals surface area contributed by atoms with Gasteiger partial charge in [-0.3, -0.25) is 4.90 Å². The number of hydrogen-bond acceptors (Lipinski definition) is 7. The smallest absolute Gasteiger partial charge is 0.243 e. The van der Waals surface area contributed by atoms with Crippen molar-refractivity contribution in [2.24, 2.45) is 0 Å². The minimum atomic E-state index is -3.68. The summed E-state index contributed by atoms with van der Waals surface area (Å²) in [6.07, 6.45) is 0. The maximum Gasteiger partial charge on any atom is 0.243 e. The Morgan fingerprint density at radius 2 is 1.59 bits per heavy atom. The number of hydrogen-bond donors (Lipinski definition) is 1. The van der Waals surface area contributed by atoms with Crippen molar-refractivity contribution in [3.8, 4) is 5.75 Å². The van der Waals surface area contributed by atoms with E-state index < -0.39 is 15.8 Å². The number of ether oxygens (including phenoxy) is 1. The van der Waals surface area contributed by atoms with Gasteiger partial charge in [-0.05, 0) is 67.6 Å². The van der Waals surface area contributed by atoms with Crippen molar-refractivity contribution in [1.82, 2.24) is 19.2 Å². The van der Waals surface area contributed by atoms with E-state index in [1.54, 1.807) is 7.11 Å². The van der Waals surface area contributed by atoms with E-state index in [0.29, 0.717) is 37.8 Å². The Kier molecular flexibility index (Phi) is 7.05. The Morgan fingerprint density at radius 3 is 2.27 bits per heavy atom. The summed E-state index contributed by atoms with van der Waals surface area (Å²) < 4.78 is 45.9. The van der Waals surface area contributed by atoms with Gasteiger partial charge in [0, 0.05) is 37.3 Å². The topological polar surface area (TPSA) is 87.7 Å². The van der Waals surface area contributed by atoms with Crippen LogP contribution in [0.4, 0.5) is 15.9 Å². The Morgan fingerprint density at radius 1 is 0.919 bits per heavy atom. The maximum atomic E-state index is 13.3. The number of fused-ring (bicyclic) bond motifs is 1. The molecule has 10 heteroatoms. The van der Waals surface area contributed by atoms with Crippen LogP contribution in [-0.4, -0.2) is 60.9 Å². The zero-order valence-electron chi connectivity index (χ0n) is 20.6.